The smallest absolute Gasteiger partial charge is 0.200 e. The number of ether oxygens (including phenoxy) is 2. The van der Waals surface area contributed by atoms with Crippen LogP contribution in [0.1, 0.15) is 18.0 Å². The van der Waals surface area contributed by atoms with Gasteiger partial charge < -0.3 is 20.3 Å². The van der Waals surface area contributed by atoms with Gasteiger partial charge in [-0.2, -0.15) is 0 Å². The third-order valence-corrected chi connectivity index (χ3v) is 2.35. The molecule has 0 spiro atoms. The standard InChI is InChI=1S/C11H16FNO3.ClH/c1-15-9-5-7(8(13)3-4-12)6-10(16-2)11(9)14;/h5-6,8,14H,3-4,13H2,1-2H3;1H/t8-;/m0./s1. The number of rotatable bonds is 5. The second-order valence-electron chi connectivity index (χ2n) is 3.36. The van der Waals surface area contributed by atoms with Gasteiger partial charge in [-0.15, -0.1) is 12.4 Å². The second-order valence-corrected chi connectivity index (χ2v) is 3.36. The lowest BCUT2D eigenvalue weighted by Gasteiger charge is -2.15. The molecule has 0 aliphatic rings. The Balaban J connectivity index is 0.00000256. The lowest BCUT2D eigenvalue weighted by Crippen LogP contribution is -2.11. The number of phenolic OH excluding ortho intramolecular Hbond substituents is 1. The number of nitrogens with two attached hydrogens (primary N) is 1. The van der Waals surface area contributed by atoms with Crippen LogP contribution in [-0.4, -0.2) is 26.0 Å². The molecule has 0 unspecified atom stereocenters. The number of alkyl halides is 1. The van der Waals surface area contributed by atoms with Crippen molar-refractivity contribution < 1.29 is 19.0 Å². The lowest BCUT2D eigenvalue weighted by molar-refractivity contribution is 0.338. The first-order valence-corrected chi connectivity index (χ1v) is 4.90. The van der Waals surface area contributed by atoms with Gasteiger partial charge in [0.15, 0.2) is 11.5 Å². The molecule has 1 aromatic rings. The molecule has 3 N–H and O–H groups in total. The molecule has 1 atom stereocenters. The van der Waals surface area contributed by atoms with Gasteiger partial charge in [-0.05, 0) is 24.1 Å². The maximum atomic E-state index is 12.2. The van der Waals surface area contributed by atoms with Crippen LogP contribution < -0.4 is 15.2 Å². The zero-order valence-electron chi connectivity index (χ0n) is 9.77. The van der Waals surface area contributed by atoms with E-state index in [1.807, 2.05) is 0 Å². The van der Waals surface area contributed by atoms with Crippen LogP contribution in [0.25, 0.3) is 0 Å². The summed E-state index contributed by atoms with van der Waals surface area (Å²) in [4.78, 5) is 0. The van der Waals surface area contributed by atoms with Crippen LogP contribution in [0, 0.1) is 0 Å². The van der Waals surface area contributed by atoms with Crippen molar-refractivity contribution in [3.63, 3.8) is 0 Å². The topological polar surface area (TPSA) is 64.7 Å². The third kappa shape index (κ3) is 3.64. The molecule has 17 heavy (non-hydrogen) atoms. The van der Waals surface area contributed by atoms with E-state index in [1.165, 1.54) is 14.2 Å². The maximum absolute atomic E-state index is 12.2. The SMILES string of the molecule is COc1cc([C@@H](N)CCF)cc(OC)c1O.Cl. The molecule has 6 heteroatoms. The summed E-state index contributed by atoms with van der Waals surface area (Å²) in [6.07, 6.45) is 0.219. The molecule has 98 valence electrons. The van der Waals surface area contributed by atoms with Crippen molar-refractivity contribution in [2.75, 3.05) is 20.9 Å². The molecule has 0 amide bonds. The first kappa shape index (κ1) is 15.8. The number of aromatic hydroxyl groups is 1. The molecule has 0 heterocycles. The molecule has 0 aromatic heterocycles. The predicted octanol–water partition coefficient (Wildman–Crippen LogP) is 2.19. The minimum atomic E-state index is -0.493. The Morgan fingerprint density at radius 1 is 1.29 bits per heavy atom. The van der Waals surface area contributed by atoms with Crippen LogP contribution in [-0.2, 0) is 0 Å². The minimum Gasteiger partial charge on any atom is -0.502 e. The van der Waals surface area contributed by atoms with E-state index >= 15 is 0 Å². The Kier molecular flexibility index (Phi) is 6.68. The molecule has 0 aliphatic heterocycles. The Morgan fingerprint density at radius 2 is 1.76 bits per heavy atom. The van der Waals surface area contributed by atoms with E-state index in [1.54, 1.807) is 12.1 Å². The van der Waals surface area contributed by atoms with Crippen LogP contribution in [0.3, 0.4) is 0 Å². The normalized spacial score (nSPS) is 11.5. The van der Waals surface area contributed by atoms with Crippen molar-refractivity contribution in [3.8, 4) is 17.2 Å². The van der Waals surface area contributed by atoms with E-state index < -0.39 is 12.7 Å². The number of methoxy groups -OCH3 is 2. The Morgan fingerprint density at radius 3 is 2.12 bits per heavy atom. The van der Waals surface area contributed by atoms with Crippen molar-refractivity contribution in [2.45, 2.75) is 12.5 Å². The van der Waals surface area contributed by atoms with Crippen LogP contribution in [0.15, 0.2) is 12.1 Å². The van der Waals surface area contributed by atoms with Crippen LogP contribution in [0.2, 0.25) is 0 Å². The lowest BCUT2D eigenvalue weighted by atomic mass is 10.0. The molecule has 0 fully saturated rings. The van der Waals surface area contributed by atoms with Crippen molar-refractivity contribution >= 4 is 12.4 Å². The first-order chi connectivity index (χ1) is 7.63. The van der Waals surface area contributed by atoms with Gasteiger partial charge in [0.2, 0.25) is 5.75 Å². The summed E-state index contributed by atoms with van der Waals surface area (Å²) in [6.45, 7) is -0.493. The van der Waals surface area contributed by atoms with Gasteiger partial charge in [0.25, 0.3) is 0 Å². The van der Waals surface area contributed by atoms with E-state index in [-0.39, 0.29) is 36.1 Å². The van der Waals surface area contributed by atoms with Crippen molar-refractivity contribution in [1.29, 1.82) is 0 Å². The summed E-state index contributed by atoms with van der Waals surface area (Å²) in [5.41, 5.74) is 6.44. The van der Waals surface area contributed by atoms with Gasteiger partial charge in [-0.25, -0.2) is 0 Å². The first-order valence-electron chi connectivity index (χ1n) is 4.90. The average molecular weight is 266 g/mol. The summed E-state index contributed by atoms with van der Waals surface area (Å²) >= 11 is 0. The highest BCUT2D eigenvalue weighted by molar-refractivity contribution is 5.85. The largest absolute Gasteiger partial charge is 0.502 e. The van der Waals surface area contributed by atoms with Crippen molar-refractivity contribution in [1.82, 2.24) is 0 Å². The number of hydrogen-bond donors (Lipinski definition) is 2. The molecule has 0 saturated heterocycles. The minimum absolute atomic E-state index is 0. The average Bonchev–Trinajstić information content (AvgIpc) is 2.29. The summed E-state index contributed by atoms with van der Waals surface area (Å²) in [5.74, 6) is 0.452. The van der Waals surface area contributed by atoms with E-state index in [0.29, 0.717) is 5.56 Å². The summed E-state index contributed by atoms with van der Waals surface area (Å²) in [6, 6.07) is 2.73. The van der Waals surface area contributed by atoms with Gasteiger partial charge in [0.05, 0.1) is 20.9 Å². The van der Waals surface area contributed by atoms with Gasteiger partial charge in [-0.3, -0.25) is 4.39 Å². The molecule has 1 aromatic carbocycles. The summed E-state index contributed by atoms with van der Waals surface area (Å²) < 4.78 is 22.1. The number of benzene rings is 1. The summed E-state index contributed by atoms with van der Waals surface area (Å²) in [7, 11) is 2.86. The Labute approximate surface area is 106 Å². The van der Waals surface area contributed by atoms with Gasteiger partial charge in [0, 0.05) is 6.04 Å². The fourth-order valence-electron chi connectivity index (χ4n) is 1.41. The Bertz CT molecular complexity index is 338. The van der Waals surface area contributed by atoms with Crippen molar-refractivity contribution in [3.05, 3.63) is 17.7 Å². The fraction of sp³-hybridized carbons (Fsp3) is 0.455. The molecule has 0 saturated carbocycles. The predicted molar refractivity (Wildman–Crippen MR) is 66.0 cm³/mol. The highest BCUT2D eigenvalue weighted by atomic mass is 35.5. The van der Waals surface area contributed by atoms with Gasteiger partial charge in [-0.1, -0.05) is 0 Å². The number of halogens is 2. The van der Waals surface area contributed by atoms with Gasteiger partial charge >= 0.3 is 0 Å². The molecule has 1 rings (SSSR count). The quantitative estimate of drug-likeness (QED) is 0.857. The van der Waals surface area contributed by atoms with E-state index in [4.69, 9.17) is 15.2 Å². The summed E-state index contributed by atoms with van der Waals surface area (Å²) in [5, 5.41) is 9.66. The maximum Gasteiger partial charge on any atom is 0.200 e. The molecule has 0 bridgehead atoms. The Hall–Kier alpha value is -1.20. The third-order valence-electron chi connectivity index (χ3n) is 2.35. The highest BCUT2D eigenvalue weighted by Gasteiger charge is 2.14. The van der Waals surface area contributed by atoms with Crippen LogP contribution >= 0.6 is 12.4 Å². The monoisotopic (exact) mass is 265 g/mol. The van der Waals surface area contributed by atoms with E-state index in [9.17, 15) is 9.50 Å². The highest BCUT2D eigenvalue weighted by Crippen LogP contribution is 2.38. The zero-order valence-corrected chi connectivity index (χ0v) is 10.6. The van der Waals surface area contributed by atoms with E-state index in [0.717, 1.165) is 0 Å². The number of phenols is 1. The van der Waals surface area contributed by atoms with Gasteiger partial charge in [0.1, 0.15) is 0 Å². The van der Waals surface area contributed by atoms with E-state index in [2.05, 4.69) is 0 Å². The van der Waals surface area contributed by atoms with Crippen molar-refractivity contribution in [2.24, 2.45) is 5.73 Å². The number of hydrogen-bond acceptors (Lipinski definition) is 4. The molecular weight excluding hydrogens is 249 g/mol. The molecule has 0 aliphatic carbocycles. The fourth-order valence-corrected chi connectivity index (χ4v) is 1.41. The van der Waals surface area contributed by atoms with Crippen LogP contribution in [0.5, 0.6) is 17.2 Å². The molecule has 0 radical (unpaired) electrons. The molecule has 4 nitrogen and oxygen atoms in total. The van der Waals surface area contributed by atoms with Crippen LogP contribution in [0.4, 0.5) is 4.39 Å². The zero-order chi connectivity index (χ0) is 12.1. The second kappa shape index (κ2) is 7.19. The molecular formula is C11H17ClFNO3.